The van der Waals surface area contributed by atoms with E-state index in [1.54, 1.807) is 7.11 Å². The van der Waals surface area contributed by atoms with Gasteiger partial charge in [0.05, 0.1) is 6.61 Å². The van der Waals surface area contributed by atoms with Crippen LogP contribution in [-0.4, -0.2) is 44.8 Å². The van der Waals surface area contributed by atoms with Crippen molar-refractivity contribution in [2.75, 3.05) is 45.2 Å². The fourth-order valence-electron chi connectivity index (χ4n) is 1.76. The lowest BCUT2D eigenvalue weighted by molar-refractivity contribution is 0.153. The van der Waals surface area contributed by atoms with E-state index in [2.05, 4.69) is 48.3 Å². The van der Waals surface area contributed by atoms with Crippen LogP contribution in [0.1, 0.15) is 12.5 Å². The summed E-state index contributed by atoms with van der Waals surface area (Å²) in [6.07, 6.45) is 0. The van der Waals surface area contributed by atoms with E-state index < -0.39 is 0 Å². The van der Waals surface area contributed by atoms with Gasteiger partial charge in [-0.1, -0.05) is 19.1 Å². The van der Waals surface area contributed by atoms with Crippen LogP contribution in [0.4, 0.5) is 5.69 Å². The monoisotopic (exact) mass is 236 g/mol. The molecule has 1 rings (SSSR count). The zero-order valence-corrected chi connectivity index (χ0v) is 11.2. The molecular weight excluding hydrogens is 212 g/mol. The number of nitrogens with one attached hydrogen (secondary N) is 1. The van der Waals surface area contributed by atoms with E-state index in [9.17, 15) is 0 Å². The van der Waals surface area contributed by atoms with Crippen LogP contribution in [0.2, 0.25) is 0 Å². The molecule has 0 atom stereocenters. The van der Waals surface area contributed by atoms with Crippen LogP contribution in [0.5, 0.6) is 0 Å². The summed E-state index contributed by atoms with van der Waals surface area (Å²) in [5.74, 6) is 0. The first-order valence-electron chi connectivity index (χ1n) is 6.28. The summed E-state index contributed by atoms with van der Waals surface area (Å²) in [5.41, 5.74) is 2.49. The van der Waals surface area contributed by atoms with Gasteiger partial charge in [0.25, 0.3) is 0 Å². The Bertz CT molecular complexity index is 315. The standard InChI is InChI=1S/C14H24N2O/c1-4-16(10-11-17-3)9-8-15-14-7-5-6-13(2)12-14/h5-7,12,15H,4,8-11H2,1-3H3. The van der Waals surface area contributed by atoms with Crippen molar-refractivity contribution in [1.29, 1.82) is 0 Å². The zero-order valence-electron chi connectivity index (χ0n) is 11.2. The molecule has 0 amide bonds. The number of benzene rings is 1. The Morgan fingerprint density at radius 2 is 2.12 bits per heavy atom. The summed E-state index contributed by atoms with van der Waals surface area (Å²) in [5, 5.41) is 3.44. The van der Waals surface area contributed by atoms with Crippen molar-refractivity contribution in [3.8, 4) is 0 Å². The molecule has 0 aliphatic rings. The smallest absolute Gasteiger partial charge is 0.0589 e. The highest BCUT2D eigenvalue weighted by molar-refractivity contribution is 5.45. The van der Waals surface area contributed by atoms with Gasteiger partial charge in [-0.2, -0.15) is 0 Å². The predicted molar refractivity (Wildman–Crippen MR) is 73.7 cm³/mol. The number of likely N-dealkylation sites (N-methyl/N-ethyl adjacent to an activating group) is 1. The van der Waals surface area contributed by atoms with Crippen molar-refractivity contribution in [2.45, 2.75) is 13.8 Å². The Morgan fingerprint density at radius 1 is 1.29 bits per heavy atom. The maximum absolute atomic E-state index is 5.09. The molecular formula is C14H24N2O. The molecule has 0 bridgehead atoms. The predicted octanol–water partition coefficient (Wildman–Crippen LogP) is 2.38. The quantitative estimate of drug-likeness (QED) is 0.750. The molecule has 17 heavy (non-hydrogen) atoms. The van der Waals surface area contributed by atoms with E-state index in [-0.39, 0.29) is 0 Å². The normalized spacial score (nSPS) is 10.8. The number of anilines is 1. The average molecular weight is 236 g/mol. The van der Waals surface area contributed by atoms with Crippen molar-refractivity contribution >= 4 is 5.69 Å². The van der Waals surface area contributed by atoms with E-state index in [1.165, 1.54) is 11.3 Å². The molecule has 0 unspecified atom stereocenters. The van der Waals surface area contributed by atoms with Gasteiger partial charge in [-0.25, -0.2) is 0 Å². The molecule has 3 nitrogen and oxygen atoms in total. The van der Waals surface area contributed by atoms with Gasteiger partial charge in [0.15, 0.2) is 0 Å². The van der Waals surface area contributed by atoms with E-state index in [0.717, 1.165) is 32.8 Å². The second-order valence-corrected chi connectivity index (χ2v) is 4.22. The largest absolute Gasteiger partial charge is 0.384 e. The van der Waals surface area contributed by atoms with Crippen LogP contribution >= 0.6 is 0 Å². The first kappa shape index (κ1) is 14.0. The van der Waals surface area contributed by atoms with Crippen LogP contribution in [0.25, 0.3) is 0 Å². The third-order valence-corrected chi connectivity index (χ3v) is 2.83. The summed E-state index contributed by atoms with van der Waals surface area (Å²) >= 11 is 0. The molecule has 0 saturated carbocycles. The molecule has 0 saturated heterocycles. The van der Waals surface area contributed by atoms with Crippen molar-refractivity contribution in [1.82, 2.24) is 4.90 Å². The van der Waals surface area contributed by atoms with Gasteiger partial charge >= 0.3 is 0 Å². The molecule has 1 aromatic carbocycles. The minimum absolute atomic E-state index is 0.804. The van der Waals surface area contributed by atoms with E-state index >= 15 is 0 Å². The van der Waals surface area contributed by atoms with E-state index in [4.69, 9.17) is 4.74 Å². The van der Waals surface area contributed by atoms with Crippen LogP contribution in [0.3, 0.4) is 0 Å². The maximum atomic E-state index is 5.09. The van der Waals surface area contributed by atoms with Crippen molar-refractivity contribution in [3.05, 3.63) is 29.8 Å². The second-order valence-electron chi connectivity index (χ2n) is 4.22. The molecule has 0 aliphatic heterocycles. The lowest BCUT2D eigenvalue weighted by Crippen LogP contribution is -2.31. The number of hydrogen-bond donors (Lipinski definition) is 1. The highest BCUT2D eigenvalue weighted by Crippen LogP contribution is 2.08. The van der Waals surface area contributed by atoms with Gasteiger partial charge in [-0.3, -0.25) is 4.90 Å². The Morgan fingerprint density at radius 3 is 2.76 bits per heavy atom. The molecule has 0 aromatic heterocycles. The Labute approximate surface area is 105 Å². The van der Waals surface area contributed by atoms with E-state index in [0.29, 0.717) is 0 Å². The maximum Gasteiger partial charge on any atom is 0.0589 e. The molecule has 0 fully saturated rings. The van der Waals surface area contributed by atoms with Crippen molar-refractivity contribution in [3.63, 3.8) is 0 Å². The minimum atomic E-state index is 0.804. The van der Waals surface area contributed by atoms with Crippen LogP contribution < -0.4 is 5.32 Å². The molecule has 1 aromatic rings. The van der Waals surface area contributed by atoms with Gasteiger partial charge in [0.2, 0.25) is 0 Å². The number of nitrogens with zero attached hydrogens (tertiary/aromatic N) is 1. The number of ether oxygens (including phenoxy) is 1. The third-order valence-electron chi connectivity index (χ3n) is 2.83. The fraction of sp³-hybridized carbons (Fsp3) is 0.571. The molecule has 96 valence electrons. The fourth-order valence-corrected chi connectivity index (χ4v) is 1.76. The molecule has 1 N–H and O–H groups in total. The summed E-state index contributed by atoms with van der Waals surface area (Å²) in [4.78, 5) is 2.38. The van der Waals surface area contributed by atoms with Crippen molar-refractivity contribution in [2.24, 2.45) is 0 Å². The SMILES string of the molecule is CCN(CCNc1cccc(C)c1)CCOC. The number of rotatable bonds is 8. The highest BCUT2D eigenvalue weighted by Gasteiger charge is 2.01. The van der Waals surface area contributed by atoms with Crippen LogP contribution in [-0.2, 0) is 4.74 Å². The first-order chi connectivity index (χ1) is 8.26. The molecule has 0 radical (unpaired) electrons. The summed E-state index contributed by atoms with van der Waals surface area (Å²) in [6, 6.07) is 8.48. The average Bonchev–Trinajstić information content (AvgIpc) is 2.33. The number of methoxy groups -OCH3 is 1. The Kier molecular flexibility index (Phi) is 6.67. The molecule has 0 heterocycles. The van der Waals surface area contributed by atoms with Gasteiger partial charge in [-0.05, 0) is 31.2 Å². The highest BCUT2D eigenvalue weighted by atomic mass is 16.5. The van der Waals surface area contributed by atoms with Gasteiger partial charge in [-0.15, -0.1) is 0 Å². The molecule has 0 aliphatic carbocycles. The molecule has 0 spiro atoms. The summed E-state index contributed by atoms with van der Waals surface area (Å²) in [6.45, 7) is 9.19. The lowest BCUT2D eigenvalue weighted by atomic mass is 10.2. The topological polar surface area (TPSA) is 24.5 Å². The van der Waals surface area contributed by atoms with E-state index in [1.807, 2.05) is 0 Å². The lowest BCUT2D eigenvalue weighted by Gasteiger charge is -2.20. The van der Waals surface area contributed by atoms with Gasteiger partial charge in [0, 0.05) is 32.4 Å². The Balaban J connectivity index is 2.26. The molecule has 3 heteroatoms. The van der Waals surface area contributed by atoms with Crippen LogP contribution in [0.15, 0.2) is 24.3 Å². The zero-order chi connectivity index (χ0) is 12.5. The van der Waals surface area contributed by atoms with Crippen molar-refractivity contribution < 1.29 is 4.74 Å². The minimum Gasteiger partial charge on any atom is -0.384 e. The van der Waals surface area contributed by atoms with Gasteiger partial charge in [0.1, 0.15) is 0 Å². The summed E-state index contributed by atoms with van der Waals surface area (Å²) < 4.78 is 5.09. The Hall–Kier alpha value is -1.06. The number of aryl methyl sites for hydroxylation is 1. The number of hydrogen-bond acceptors (Lipinski definition) is 3. The van der Waals surface area contributed by atoms with Crippen LogP contribution in [0, 0.1) is 6.92 Å². The second kappa shape index (κ2) is 8.09. The first-order valence-corrected chi connectivity index (χ1v) is 6.28. The summed E-state index contributed by atoms with van der Waals surface area (Å²) in [7, 11) is 1.75. The van der Waals surface area contributed by atoms with Gasteiger partial charge < -0.3 is 10.1 Å². The third kappa shape index (κ3) is 5.71.